The fraction of sp³-hybridized carbons (Fsp3) is 0.333. The third-order valence-corrected chi connectivity index (χ3v) is 4.61. The van der Waals surface area contributed by atoms with Gasteiger partial charge in [-0.05, 0) is 62.2 Å². The molecule has 1 fully saturated rings. The molecule has 2 aromatic rings. The number of rotatable bonds is 7. The van der Waals surface area contributed by atoms with Gasteiger partial charge in [0.25, 0.3) is 5.91 Å². The maximum Gasteiger partial charge on any atom is 0.251 e. The van der Waals surface area contributed by atoms with Crippen molar-refractivity contribution in [3.63, 3.8) is 0 Å². The Labute approximate surface area is 158 Å². The van der Waals surface area contributed by atoms with Gasteiger partial charge in [0.15, 0.2) is 0 Å². The summed E-state index contributed by atoms with van der Waals surface area (Å²) in [5.74, 6) is 1.37. The van der Waals surface area contributed by atoms with Gasteiger partial charge in [0, 0.05) is 22.7 Å². The molecular formula is C21H24N2O4. The molecule has 0 saturated heterocycles. The molecule has 142 valence electrons. The van der Waals surface area contributed by atoms with Gasteiger partial charge < -0.3 is 20.1 Å². The Bertz CT molecular complexity index is 829. The highest BCUT2D eigenvalue weighted by Gasteiger charge is 2.29. The van der Waals surface area contributed by atoms with E-state index in [0.29, 0.717) is 22.7 Å². The van der Waals surface area contributed by atoms with E-state index in [0.717, 1.165) is 18.4 Å². The second-order valence-corrected chi connectivity index (χ2v) is 6.64. The molecule has 1 atom stereocenters. The van der Waals surface area contributed by atoms with Crippen LogP contribution in [0.3, 0.4) is 0 Å². The number of amides is 2. The zero-order valence-electron chi connectivity index (χ0n) is 15.7. The van der Waals surface area contributed by atoms with Crippen LogP contribution in [-0.2, 0) is 4.79 Å². The fourth-order valence-electron chi connectivity index (χ4n) is 2.83. The smallest absolute Gasteiger partial charge is 0.251 e. The number of carbonyl (C=O) groups is 2. The number of ether oxygens (including phenoxy) is 2. The zero-order chi connectivity index (χ0) is 19.4. The molecule has 0 spiro atoms. The summed E-state index contributed by atoms with van der Waals surface area (Å²) in [5.41, 5.74) is 2.05. The minimum Gasteiger partial charge on any atom is -0.497 e. The minimum absolute atomic E-state index is 0.0472. The lowest BCUT2D eigenvalue weighted by molar-refractivity contribution is -0.117. The first-order valence-electron chi connectivity index (χ1n) is 8.95. The van der Waals surface area contributed by atoms with E-state index in [1.807, 2.05) is 25.1 Å². The second kappa shape index (κ2) is 8.12. The molecule has 27 heavy (non-hydrogen) atoms. The lowest BCUT2D eigenvalue weighted by Gasteiger charge is -2.18. The number of methoxy groups -OCH3 is 2. The molecule has 0 bridgehead atoms. The first-order valence-corrected chi connectivity index (χ1v) is 8.95. The summed E-state index contributed by atoms with van der Waals surface area (Å²) in [6, 6.07) is 12.1. The highest BCUT2D eigenvalue weighted by Crippen LogP contribution is 2.31. The van der Waals surface area contributed by atoms with Gasteiger partial charge in [-0.2, -0.15) is 0 Å². The van der Waals surface area contributed by atoms with Gasteiger partial charge >= 0.3 is 0 Å². The van der Waals surface area contributed by atoms with Crippen molar-refractivity contribution in [1.82, 2.24) is 5.32 Å². The summed E-state index contributed by atoms with van der Waals surface area (Å²) in [6.07, 6.45) is 1.91. The van der Waals surface area contributed by atoms with Crippen LogP contribution < -0.4 is 20.1 Å². The summed E-state index contributed by atoms with van der Waals surface area (Å²) in [5, 5.41) is 5.83. The van der Waals surface area contributed by atoms with Crippen LogP contribution >= 0.6 is 0 Å². The van der Waals surface area contributed by atoms with Crippen LogP contribution in [-0.4, -0.2) is 26.0 Å². The number of nitrogens with one attached hydrogen (secondary N) is 2. The van der Waals surface area contributed by atoms with Crippen LogP contribution in [0.2, 0.25) is 0 Å². The van der Waals surface area contributed by atoms with Gasteiger partial charge in [-0.25, -0.2) is 0 Å². The van der Waals surface area contributed by atoms with Gasteiger partial charge in [0.05, 0.1) is 20.3 Å². The number of hydrogen-bond donors (Lipinski definition) is 2. The van der Waals surface area contributed by atoms with Crippen molar-refractivity contribution in [3.8, 4) is 11.5 Å². The van der Waals surface area contributed by atoms with Gasteiger partial charge in [-0.15, -0.1) is 0 Å². The molecule has 6 nitrogen and oxygen atoms in total. The molecule has 2 N–H and O–H groups in total. The van der Waals surface area contributed by atoms with Crippen LogP contribution in [0.1, 0.15) is 41.7 Å². The SMILES string of the molecule is COc1ccc(OC)c([C@@H](C)NC(=O)c2ccc(NC(=O)C3CC3)cc2)c1. The van der Waals surface area contributed by atoms with Crippen molar-refractivity contribution >= 4 is 17.5 Å². The van der Waals surface area contributed by atoms with Crippen molar-refractivity contribution < 1.29 is 19.1 Å². The van der Waals surface area contributed by atoms with Crippen LogP contribution in [0.25, 0.3) is 0 Å². The lowest BCUT2D eigenvalue weighted by Crippen LogP contribution is -2.27. The second-order valence-electron chi connectivity index (χ2n) is 6.64. The molecule has 2 aromatic carbocycles. The average molecular weight is 368 g/mol. The monoisotopic (exact) mass is 368 g/mol. The molecule has 0 unspecified atom stereocenters. The first kappa shape index (κ1) is 18.8. The van der Waals surface area contributed by atoms with Crippen molar-refractivity contribution in [1.29, 1.82) is 0 Å². The molecule has 3 rings (SSSR count). The van der Waals surface area contributed by atoms with E-state index >= 15 is 0 Å². The molecular weight excluding hydrogens is 344 g/mol. The van der Waals surface area contributed by atoms with E-state index in [1.54, 1.807) is 38.5 Å². The van der Waals surface area contributed by atoms with E-state index in [9.17, 15) is 9.59 Å². The Morgan fingerprint density at radius 3 is 2.33 bits per heavy atom. The van der Waals surface area contributed by atoms with E-state index in [2.05, 4.69) is 10.6 Å². The lowest BCUT2D eigenvalue weighted by atomic mass is 10.1. The van der Waals surface area contributed by atoms with Crippen molar-refractivity contribution in [2.45, 2.75) is 25.8 Å². The topological polar surface area (TPSA) is 76.7 Å². The average Bonchev–Trinajstić information content (AvgIpc) is 3.53. The van der Waals surface area contributed by atoms with Gasteiger partial charge in [-0.1, -0.05) is 0 Å². The molecule has 1 saturated carbocycles. The Kier molecular flexibility index (Phi) is 5.64. The molecule has 1 aliphatic carbocycles. The van der Waals surface area contributed by atoms with Crippen molar-refractivity contribution in [2.75, 3.05) is 19.5 Å². The van der Waals surface area contributed by atoms with Crippen LogP contribution in [0.4, 0.5) is 5.69 Å². The molecule has 2 amide bonds. The number of hydrogen-bond acceptors (Lipinski definition) is 4. The fourth-order valence-corrected chi connectivity index (χ4v) is 2.83. The van der Waals surface area contributed by atoms with Gasteiger partial charge in [0.2, 0.25) is 5.91 Å². The third kappa shape index (κ3) is 4.58. The Morgan fingerprint density at radius 1 is 1.04 bits per heavy atom. The summed E-state index contributed by atoms with van der Waals surface area (Å²) in [7, 11) is 3.19. The van der Waals surface area contributed by atoms with Gasteiger partial charge in [-0.3, -0.25) is 9.59 Å². The summed E-state index contributed by atoms with van der Waals surface area (Å²) < 4.78 is 10.6. The van der Waals surface area contributed by atoms with E-state index in [-0.39, 0.29) is 23.8 Å². The first-order chi connectivity index (χ1) is 13.0. The van der Waals surface area contributed by atoms with E-state index in [1.165, 1.54) is 0 Å². The molecule has 1 aliphatic rings. The standard InChI is InChI=1S/C21H24N2O4/c1-13(18-12-17(26-2)10-11-19(18)27-3)22-20(24)15-6-8-16(9-7-15)23-21(25)14-4-5-14/h6-14H,4-5H2,1-3H3,(H,22,24)(H,23,25)/t13-/m1/s1. The highest BCUT2D eigenvalue weighted by atomic mass is 16.5. The molecule has 0 radical (unpaired) electrons. The Balaban J connectivity index is 1.66. The summed E-state index contributed by atoms with van der Waals surface area (Å²) >= 11 is 0. The largest absolute Gasteiger partial charge is 0.497 e. The van der Waals surface area contributed by atoms with Crippen molar-refractivity contribution in [3.05, 3.63) is 53.6 Å². The van der Waals surface area contributed by atoms with Crippen LogP contribution in [0, 0.1) is 5.92 Å². The van der Waals surface area contributed by atoms with Crippen LogP contribution in [0.5, 0.6) is 11.5 Å². The minimum atomic E-state index is -0.267. The summed E-state index contributed by atoms with van der Waals surface area (Å²) in [6.45, 7) is 1.89. The number of anilines is 1. The highest BCUT2D eigenvalue weighted by molar-refractivity contribution is 5.97. The van der Waals surface area contributed by atoms with Crippen molar-refractivity contribution in [2.24, 2.45) is 5.92 Å². The molecule has 6 heteroatoms. The maximum absolute atomic E-state index is 12.6. The predicted octanol–water partition coefficient (Wildman–Crippen LogP) is 3.54. The van der Waals surface area contributed by atoms with Crippen LogP contribution in [0.15, 0.2) is 42.5 Å². The number of carbonyl (C=O) groups excluding carboxylic acids is 2. The molecule has 0 aromatic heterocycles. The van der Waals surface area contributed by atoms with E-state index in [4.69, 9.17) is 9.47 Å². The number of benzene rings is 2. The Morgan fingerprint density at radius 2 is 1.74 bits per heavy atom. The molecule has 0 aliphatic heterocycles. The van der Waals surface area contributed by atoms with Gasteiger partial charge in [0.1, 0.15) is 11.5 Å². The maximum atomic E-state index is 12.6. The third-order valence-electron chi connectivity index (χ3n) is 4.61. The summed E-state index contributed by atoms with van der Waals surface area (Å²) in [4.78, 5) is 24.4. The normalized spacial score (nSPS) is 14.2. The zero-order valence-corrected chi connectivity index (χ0v) is 15.7. The predicted molar refractivity (Wildman–Crippen MR) is 103 cm³/mol. The van der Waals surface area contributed by atoms with E-state index < -0.39 is 0 Å². The molecule has 0 heterocycles. The quantitative estimate of drug-likeness (QED) is 0.784. The Hall–Kier alpha value is -3.02.